The van der Waals surface area contributed by atoms with Crippen molar-refractivity contribution in [3.63, 3.8) is 0 Å². The van der Waals surface area contributed by atoms with E-state index < -0.39 is 20.5 Å². The zero-order valence-corrected chi connectivity index (χ0v) is 13.9. The van der Waals surface area contributed by atoms with E-state index in [9.17, 15) is 9.59 Å². The summed E-state index contributed by atoms with van der Waals surface area (Å²) in [4.78, 5) is 22.4. The van der Waals surface area contributed by atoms with Gasteiger partial charge in [-0.1, -0.05) is 0 Å². The van der Waals surface area contributed by atoms with E-state index >= 15 is 0 Å². The molecule has 0 aliphatic heterocycles. The first-order chi connectivity index (χ1) is 9.47. The van der Waals surface area contributed by atoms with Crippen LogP contribution in [0, 0.1) is 0 Å². The van der Waals surface area contributed by atoms with Crippen LogP contribution in [-0.2, 0) is 27.9 Å². The first kappa shape index (κ1) is 19.1. The Bertz CT molecular complexity index is 289. The predicted octanol–water partition coefficient (Wildman–Crippen LogP) is 2.02. The third-order valence-electron chi connectivity index (χ3n) is 2.53. The lowest BCUT2D eigenvalue weighted by Crippen LogP contribution is -2.38. The van der Waals surface area contributed by atoms with Gasteiger partial charge in [-0.2, -0.15) is 0 Å². The second kappa shape index (κ2) is 10.8. The summed E-state index contributed by atoms with van der Waals surface area (Å²) in [6, 6.07) is 0.751. The Balaban J connectivity index is 3.87. The Morgan fingerprint density at radius 3 is 1.95 bits per heavy atom. The number of hydrogen-bond acceptors (Lipinski definition) is 6. The highest BCUT2D eigenvalue weighted by atomic mass is 28.4. The molecule has 0 aliphatic rings. The Morgan fingerprint density at radius 2 is 1.45 bits per heavy atom. The van der Waals surface area contributed by atoms with E-state index in [0.29, 0.717) is 19.6 Å². The van der Waals surface area contributed by atoms with Gasteiger partial charge in [0.05, 0.1) is 13.2 Å². The molecular weight excluding hydrogens is 280 g/mol. The minimum absolute atomic E-state index is 0.263. The molecule has 0 fully saturated rings. The summed E-state index contributed by atoms with van der Waals surface area (Å²) >= 11 is 0. The third kappa shape index (κ3) is 9.06. The van der Waals surface area contributed by atoms with Crippen molar-refractivity contribution in [2.24, 2.45) is 0 Å². The average Bonchev–Trinajstić information content (AvgIpc) is 2.35. The summed E-state index contributed by atoms with van der Waals surface area (Å²) in [5.41, 5.74) is 0. The molecule has 0 N–H and O–H groups in total. The van der Waals surface area contributed by atoms with Gasteiger partial charge in [-0.25, -0.2) is 0 Å². The molecule has 20 heavy (non-hydrogen) atoms. The van der Waals surface area contributed by atoms with Crippen molar-refractivity contribution in [1.29, 1.82) is 0 Å². The molecule has 118 valence electrons. The fourth-order valence-corrected chi connectivity index (χ4v) is 4.14. The third-order valence-corrected chi connectivity index (χ3v) is 5.59. The van der Waals surface area contributed by atoms with Gasteiger partial charge in [0.15, 0.2) is 0 Å². The van der Waals surface area contributed by atoms with Gasteiger partial charge < -0.3 is 18.3 Å². The second-order valence-electron chi connectivity index (χ2n) is 4.31. The number of carbonyl (C=O) groups is 2. The van der Waals surface area contributed by atoms with Crippen molar-refractivity contribution in [2.45, 2.75) is 46.2 Å². The molecule has 0 heterocycles. The first-order valence-electron chi connectivity index (χ1n) is 7.06. The molecule has 7 heteroatoms. The van der Waals surface area contributed by atoms with Gasteiger partial charge in [-0.05, 0) is 39.8 Å². The average molecular weight is 306 g/mol. The zero-order chi connectivity index (χ0) is 15.4. The number of esters is 2. The van der Waals surface area contributed by atoms with Crippen molar-refractivity contribution in [1.82, 2.24) is 0 Å². The van der Waals surface area contributed by atoms with E-state index in [-0.39, 0.29) is 19.6 Å². The molecule has 0 amide bonds. The molecule has 0 aromatic rings. The summed E-state index contributed by atoms with van der Waals surface area (Å²) in [5.74, 6) is -1.11. The van der Waals surface area contributed by atoms with Crippen LogP contribution in [0.5, 0.6) is 0 Å². The largest absolute Gasteiger partial charge is 0.466 e. The molecule has 6 nitrogen and oxygen atoms in total. The smallest absolute Gasteiger partial charge is 0.335 e. The molecule has 0 bridgehead atoms. The maximum absolute atomic E-state index is 11.3. The topological polar surface area (TPSA) is 71.1 Å². The van der Waals surface area contributed by atoms with Crippen LogP contribution in [-0.4, -0.2) is 46.9 Å². The van der Waals surface area contributed by atoms with Crippen LogP contribution in [0.2, 0.25) is 12.6 Å². The highest BCUT2D eigenvalue weighted by Gasteiger charge is 2.30. The molecule has 0 aromatic heterocycles. The van der Waals surface area contributed by atoms with Crippen LogP contribution in [0.3, 0.4) is 0 Å². The summed E-state index contributed by atoms with van der Waals surface area (Å²) in [6.45, 7) is 9.32. The maximum atomic E-state index is 11.3. The molecule has 0 saturated carbocycles. The maximum Gasteiger partial charge on any atom is 0.335 e. The summed E-state index contributed by atoms with van der Waals surface area (Å²) in [6.07, 6.45) is 0.330. The number of hydrogen-bond donors (Lipinski definition) is 0. The molecule has 0 atom stereocenters. The van der Waals surface area contributed by atoms with E-state index in [2.05, 4.69) is 4.74 Å². The quantitative estimate of drug-likeness (QED) is 0.252. The lowest BCUT2D eigenvalue weighted by molar-refractivity contribution is -0.154. The van der Waals surface area contributed by atoms with Crippen LogP contribution in [0.1, 0.15) is 33.6 Å². The Morgan fingerprint density at radius 1 is 0.900 bits per heavy atom. The van der Waals surface area contributed by atoms with Crippen molar-refractivity contribution in [3.05, 3.63) is 0 Å². The van der Waals surface area contributed by atoms with Gasteiger partial charge in [0.25, 0.3) is 0 Å². The normalized spacial score (nSPS) is 11.2. The molecule has 0 unspecified atom stereocenters. The lowest BCUT2D eigenvalue weighted by Gasteiger charge is -2.25. The first-order valence-corrected chi connectivity index (χ1v) is 9.59. The van der Waals surface area contributed by atoms with Gasteiger partial charge in [-0.3, -0.25) is 9.59 Å². The second-order valence-corrected chi connectivity index (χ2v) is 7.65. The van der Waals surface area contributed by atoms with Gasteiger partial charge in [0, 0.05) is 13.2 Å². The monoisotopic (exact) mass is 306 g/mol. The Hall–Kier alpha value is -0.923. The predicted molar refractivity (Wildman–Crippen MR) is 76.5 cm³/mol. The highest BCUT2D eigenvalue weighted by molar-refractivity contribution is 6.66. The molecule has 0 aromatic carbocycles. The van der Waals surface area contributed by atoms with E-state index in [1.54, 1.807) is 6.92 Å². The van der Waals surface area contributed by atoms with E-state index in [1.807, 2.05) is 20.4 Å². The fraction of sp³-hybridized carbons (Fsp3) is 0.846. The molecule has 0 radical (unpaired) electrons. The Kier molecular flexibility index (Phi) is 10.3. The molecular formula is C13H26O6Si. The van der Waals surface area contributed by atoms with Gasteiger partial charge >= 0.3 is 20.5 Å². The van der Waals surface area contributed by atoms with Crippen molar-refractivity contribution in [2.75, 3.05) is 26.4 Å². The van der Waals surface area contributed by atoms with Gasteiger partial charge in [0.1, 0.15) is 6.42 Å². The SMILES string of the molecule is CCOC(=O)CC(=O)OCCC[Si](C)(OCC)OCC. The number of carbonyl (C=O) groups excluding carboxylic acids is 2. The van der Waals surface area contributed by atoms with Crippen molar-refractivity contribution in [3.8, 4) is 0 Å². The minimum Gasteiger partial charge on any atom is -0.466 e. The fourth-order valence-electron chi connectivity index (χ4n) is 1.76. The minimum atomic E-state index is -2.15. The summed E-state index contributed by atoms with van der Waals surface area (Å²) in [7, 11) is -2.15. The van der Waals surface area contributed by atoms with Crippen LogP contribution in [0.25, 0.3) is 0 Å². The van der Waals surface area contributed by atoms with Crippen LogP contribution in [0.4, 0.5) is 0 Å². The van der Waals surface area contributed by atoms with E-state index in [4.69, 9.17) is 13.6 Å². The van der Waals surface area contributed by atoms with E-state index in [1.165, 1.54) is 0 Å². The van der Waals surface area contributed by atoms with Crippen molar-refractivity contribution >= 4 is 20.5 Å². The Labute approximate surface area is 122 Å². The molecule has 0 spiro atoms. The van der Waals surface area contributed by atoms with Crippen molar-refractivity contribution < 1.29 is 27.9 Å². The zero-order valence-electron chi connectivity index (χ0n) is 12.9. The standard InChI is InChI=1S/C13H26O6Si/c1-5-16-12(14)11-13(15)17-9-8-10-20(4,18-6-2)19-7-3/h5-11H2,1-4H3. The van der Waals surface area contributed by atoms with Gasteiger partial charge in [-0.15, -0.1) is 0 Å². The van der Waals surface area contributed by atoms with Gasteiger partial charge in [0.2, 0.25) is 0 Å². The summed E-state index contributed by atoms with van der Waals surface area (Å²) < 4.78 is 21.0. The summed E-state index contributed by atoms with van der Waals surface area (Å²) in [5, 5.41) is 0. The molecule has 0 aliphatic carbocycles. The highest BCUT2D eigenvalue weighted by Crippen LogP contribution is 2.15. The van der Waals surface area contributed by atoms with E-state index in [0.717, 1.165) is 6.04 Å². The van der Waals surface area contributed by atoms with Crippen LogP contribution in [0.15, 0.2) is 0 Å². The van der Waals surface area contributed by atoms with Crippen LogP contribution >= 0.6 is 0 Å². The number of ether oxygens (including phenoxy) is 2. The molecule has 0 saturated heterocycles. The molecule has 0 rings (SSSR count). The number of rotatable bonds is 11. The van der Waals surface area contributed by atoms with Crippen LogP contribution < -0.4 is 0 Å². The lowest BCUT2D eigenvalue weighted by atomic mass is 10.4.